The lowest BCUT2D eigenvalue weighted by Crippen LogP contribution is -2.30. The molecule has 0 spiro atoms. The van der Waals surface area contributed by atoms with Crippen molar-refractivity contribution >= 4 is 39.5 Å². The molecular weight excluding hydrogens is 1260 g/mol. The van der Waals surface area contributed by atoms with Crippen LogP contribution in [0.2, 0.25) is 0 Å². The van der Waals surface area contributed by atoms with E-state index in [-0.39, 0.29) is 25.7 Å². The number of ether oxygens (including phenoxy) is 4. The molecule has 17 nitrogen and oxygen atoms in total. The Balaban J connectivity index is 5.12. The van der Waals surface area contributed by atoms with Crippen molar-refractivity contribution in [1.82, 2.24) is 0 Å². The van der Waals surface area contributed by atoms with E-state index in [4.69, 9.17) is 37.0 Å². The number of phosphoric acid groups is 2. The van der Waals surface area contributed by atoms with Crippen LogP contribution >= 0.6 is 15.6 Å². The van der Waals surface area contributed by atoms with Gasteiger partial charge in [0.2, 0.25) is 0 Å². The van der Waals surface area contributed by atoms with Crippen LogP contribution in [0.25, 0.3) is 0 Å². The van der Waals surface area contributed by atoms with Gasteiger partial charge in [-0.05, 0) is 31.6 Å². The van der Waals surface area contributed by atoms with Gasteiger partial charge < -0.3 is 33.8 Å². The summed E-state index contributed by atoms with van der Waals surface area (Å²) >= 11 is 0. The third-order valence-corrected chi connectivity index (χ3v) is 19.9. The second-order valence-corrected chi connectivity index (χ2v) is 31.1. The van der Waals surface area contributed by atoms with Crippen molar-refractivity contribution in [2.45, 2.75) is 425 Å². The molecule has 3 N–H and O–H groups in total. The minimum atomic E-state index is -4.96. The molecule has 0 amide bonds. The van der Waals surface area contributed by atoms with Gasteiger partial charge in [0.1, 0.15) is 19.3 Å². The quantitative estimate of drug-likeness (QED) is 0.0222. The Morgan fingerprint density at radius 3 is 0.708 bits per heavy atom. The maximum Gasteiger partial charge on any atom is 0.472 e. The van der Waals surface area contributed by atoms with Gasteiger partial charge in [-0.15, -0.1) is 0 Å². The van der Waals surface area contributed by atoms with Crippen molar-refractivity contribution < 1.29 is 80.2 Å². The highest BCUT2D eigenvalue weighted by Crippen LogP contribution is 2.45. The van der Waals surface area contributed by atoms with Gasteiger partial charge in [-0.1, -0.05) is 356 Å². The van der Waals surface area contributed by atoms with Gasteiger partial charge >= 0.3 is 39.5 Å². The first kappa shape index (κ1) is 94.1. The van der Waals surface area contributed by atoms with Gasteiger partial charge in [0.25, 0.3) is 0 Å². The van der Waals surface area contributed by atoms with E-state index < -0.39 is 97.5 Å². The molecule has 5 atom stereocenters. The van der Waals surface area contributed by atoms with E-state index in [2.05, 4.69) is 34.6 Å². The number of carbonyl (C=O) groups is 4. The normalized spacial score (nSPS) is 13.9. The summed E-state index contributed by atoms with van der Waals surface area (Å²) in [4.78, 5) is 72.5. The van der Waals surface area contributed by atoms with Gasteiger partial charge in [-0.3, -0.25) is 37.3 Å². The van der Waals surface area contributed by atoms with Crippen LogP contribution in [0.5, 0.6) is 0 Å². The number of phosphoric ester groups is 2. The minimum Gasteiger partial charge on any atom is -0.462 e. The summed E-state index contributed by atoms with van der Waals surface area (Å²) in [5.74, 6) is -1.37. The van der Waals surface area contributed by atoms with Gasteiger partial charge in [0.05, 0.1) is 26.4 Å². The Morgan fingerprint density at radius 1 is 0.281 bits per heavy atom. The van der Waals surface area contributed by atoms with Crippen molar-refractivity contribution in [3.8, 4) is 0 Å². The number of unbranched alkanes of at least 4 members (excludes halogenated alkanes) is 49. The number of hydrogen-bond acceptors (Lipinski definition) is 15. The van der Waals surface area contributed by atoms with Gasteiger partial charge in [-0.2, -0.15) is 0 Å². The summed E-state index contributed by atoms with van der Waals surface area (Å²) in [5.41, 5.74) is 0. The molecule has 2 unspecified atom stereocenters. The molecule has 0 aromatic rings. The number of aliphatic hydroxyl groups excluding tert-OH is 1. The maximum atomic E-state index is 13.1. The average molecular weight is 1410 g/mol. The molecule has 96 heavy (non-hydrogen) atoms. The number of esters is 4. The molecule has 19 heteroatoms. The van der Waals surface area contributed by atoms with E-state index in [0.29, 0.717) is 25.7 Å². The predicted molar refractivity (Wildman–Crippen MR) is 391 cm³/mol. The highest BCUT2D eigenvalue weighted by Gasteiger charge is 2.30. The fourth-order valence-corrected chi connectivity index (χ4v) is 13.5. The van der Waals surface area contributed by atoms with Crippen molar-refractivity contribution in [3.05, 3.63) is 0 Å². The fourth-order valence-electron chi connectivity index (χ4n) is 11.9. The lowest BCUT2D eigenvalue weighted by molar-refractivity contribution is -0.161. The molecule has 0 aliphatic rings. The van der Waals surface area contributed by atoms with E-state index in [0.717, 1.165) is 102 Å². The van der Waals surface area contributed by atoms with Crippen LogP contribution < -0.4 is 0 Å². The summed E-state index contributed by atoms with van der Waals surface area (Å²) in [6.45, 7) is 7.20. The van der Waals surface area contributed by atoms with E-state index in [1.165, 1.54) is 225 Å². The monoisotopic (exact) mass is 1410 g/mol. The van der Waals surface area contributed by atoms with Crippen LogP contribution in [-0.4, -0.2) is 96.7 Å². The molecule has 0 bridgehead atoms. The predicted octanol–water partition coefficient (Wildman–Crippen LogP) is 22.9. The second-order valence-electron chi connectivity index (χ2n) is 28.2. The minimum absolute atomic E-state index is 0.105. The van der Waals surface area contributed by atoms with Crippen LogP contribution in [0.3, 0.4) is 0 Å². The lowest BCUT2D eigenvalue weighted by atomic mass is 10.0. The Bertz CT molecular complexity index is 1840. The van der Waals surface area contributed by atoms with Crippen molar-refractivity contribution in [1.29, 1.82) is 0 Å². The topological polar surface area (TPSA) is 237 Å². The van der Waals surface area contributed by atoms with E-state index in [9.17, 15) is 43.2 Å². The number of rotatable bonds is 77. The largest absolute Gasteiger partial charge is 0.472 e. The highest BCUT2D eigenvalue weighted by atomic mass is 31.2. The van der Waals surface area contributed by atoms with Gasteiger partial charge in [-0.25, -0.2) is 9.13 Å². The Morgan fingerprint density at radius 2 is 0.479 bits per heavy atom. The van der Waals surface area contributed by atoms with E-state index >= 15 is 0 Å². The molecule has 0 saturated carbocycles. The Hall–Kier alpha value is -1.94. The molecule has 0 heterocycles. The Labute approximate surface area is 588 Å². The first-order valence-corrected chi connectivity index (χ1v) is 43.1. The molecule has 0 saturated heterocycles. The van der Waals surface area contributed by atoms with Crippen LogP contribution in [-0.2, 0) is 65.4 Å². The summed E-state index contributed by atoms with van der Waals surface area (Å²) in [5, 5.41) is 10.6. The zero-order chi connectivity index (χ0) is 70.5. The van der Waals surface area contributed by atoms with E-state index in [1.54, 1.807) is 0 Å². The standard InChI is InChI=1S/C77H150O17P2/c1-6-9-12-15-17-19-21-23-25-27-28-29-30-32-34-36-38-43-47-52-57-62-77(82)94-73(67-88-75(80)61-56-51-46-42-37-35-33-31-26-24-22-20-18-16-13-10-7-2)69-92-96(85,86)90-65-71(78)64-89-95(83,84)91-68-72(66-87-74(79)60-55-49-14-11-8-3)93-76(81)63-58-53-48-44-40-39-41-45-50-54-59-70(4)5/h70-73,78H,6-69H2,1-5H3,(H,83,84)(H,85,86)/t71-,72+,73+/m0/s1. The fraction of sp³-hybridized carbons (Fsp3) is 0.948. The number of hydrogen-bond donors (Lipinski definition) is 3. The molecule has 0 aliphatic carbocycles. The molecular formula is C77H150O17P2. The number of carbonyl (C=O) groups excluding carboxylic acids is 4. The molecule has 0 radical (unpaired) electrons. The SMILES string of the molecule is CCCCCCCCCCCCCCCCCCCCCCCC(=O)O[C@H](COC(=O)CCCCCCCCCCCCCCCCCCC)COP(=O)(O)OC[C@@H](O)COP(=O)(O)OC[C@@H](COC(=O)CCCCCCC)OC(=O)CCCCCCCCCCCCC(C)C. The smallest absolute Gasteiger partial charge is 0.462 e. The summed E-state index contributed by atoms with van der Waals surface area (Å²) in [7, 11) is -9.90. The third kappa shape index (κ3) is 70.5. The summed E-state index contributed by atoms with van der Waals surface area (Å²) < 4.78 is 68.3. The van der Waals surface area contributed by atoms with Gasteiger partial charge in [0.15, 0.2) is 12.2 Å². The van der Waals surface area contributed by atoms with Gasteiger partial charge in [0, 0.05) is 25.7 Å². The molecule has 0 fully saturated rings. The first-order chi connectivity index (χ1) is 46.5. The average Bonchev–Trinajstić information content (AvgIpc) is 3.71. The maximum absolute atomic E-state index is 13.1. The molecule has 0 rings (SSSR count). The molecule has 570 valence electrons. The molecule has 0 aromatic carbocycles. The zero-order valence-corrected chi connectivity index (χ0v) is 64.3. The number of aliphatic hydroxyl groups is 1. The first-order valence-electron chi connectivity index (χ1n) is 40.1. The van der Waals surface area contributed by atoms with Crippen molar-refractivity contribution in [2.24, 2.45) is 5.92 Å². The van der Waals surface area contributed by atoms with Crippen LogP contribution in [0, 0.1) is 5.92 Å². The summed E-state index contributed by atoms with van der Waals surface area (Å²) in [6, 6.07) is 0. The third-order valence-electron chi connectivity index (χ3n) is 18.0. The molecule has 0 aliphatic heterocycles. The van der Waals surface area contributed by atoms with Crippen LogP contribution in [0.4, 0.5) is 0 Å². The van der Waals surface area contributed by atoms with Crippen LogP contribution in [0.1, 0.15) is 407 Å². The highest BCUT2D eigenvalue weighted by molar-refractivity contribution is 7.47. The lowest BCUT2D eigenvalue weighted by Gasteiger charge is -2.21. The zero-order valence-electron chi connectivity index (χ0n) is 62.5. The van der Waals surface area contributed by atoms with Crippen LogP contribution in [0.15, 0.2) is 0 Å². The van der Waals surface area contributed by atoms with Crippen molar-refractivity contribution in [3.63, 3.8) is 0 Å². The van der Waals surface area contributed by atoms with E-state index in [1.807, 2.05) is 0 Å². The second kappa shape index (κ2) is 70.1. The van der Waals surface area contributed by atoms with Crippen molar-refractivity contribution in [2.75, 3.05) is 39.6 Å². The Kier molecular flexibility index (Phi) is 68.7. The summed E-state index contributed by atoms with van der Waals surface area (Å²) in [6.07, 6.45) is 60.2. The molecule has 0 aromatic heterocycles.